The minimum atomic E-state index is -0.775. The second kappa shape index (κ2) is 17.1. The summed E-state index contributed by atoms with van der Waals surface area (Å²) in [6.07, 6.45) is -3.18. The molecule has 1 saturated heterocycles. The van der Waals surface area contributed by atoms with E-state index in [4.69, 9.17) is 45.4 Å². The first kappa shape index (κ1) is 31.9. The number of para-hydroxylation sites is 1. The van der Waals surface area contributed by atoms with Gasteiger partial charge in [-0.15, -0.1) is 0 Å². The van der Waals surface area contributed by atoms with E-state index in [1.807, 2.05) is 121 Å². The molecule has 1 aliphatic heterocycles. The largest absolute Gasteiger partial charge is 0.447 e. The molecule has 4 aromatic rings. The minimum absolute atomic E-state index is 0.00422. The number of hydrogen-bond donors (Lipinski definition) is 0. The first-order chi connectivity index (χ1) is 21.7. The normalized spacial score (nSPS) is 21.5. The molecule has 0 bridgehead atoms. The molecule has 0 saturated carbocycles. The summed E-state index contributed by atoms with van der Waals surface area (Å²) in [4.78, 5) is 0. The fourth-order valence-corrected chi connectivity index (χ4v) is 5.31. The second-order valence-electron chi connectivity index (χ2n) is 10.4. The summed E-state index contributed by atoms with van der Waals surface area (Å²) in [5.74, 6) is 0.604. The van der Waals surface area contributed by atoms with Crippen LogP contribution in [0.3, 0.4) is 0 Å². The topological polar surface area (TPSA) is 64.6 Å². The average Bonchev–Trinajstić information content (AvgIpc) is 3.07. The first-order valence-electron chi connectivity index (χ1n) is 14.7. The van der Waals surface area contributed by atoms with Crippen LogP contribution in [0, 0.1) is 0 Å². The number of rotatable bonds is 15. The number of thiocarbonyl (C=S) groups is 1. The van der Waals surface area contributed by atoms with E-state index in [-0.39, 0.29) is 18.5 Å². The molecule has 1 fully saturated rings. The van der Waals surface area contributed by atoms with Gasteiger partial charge in [0, 0.05) is 7.11 Å². The Labute approximate surface area is 264 Å². The third-order valence-corrected chi connectivity index (χ3v) is 7.49. The molecule has 1 aliphatic rings. The van der Waals surface area contributed by atoms with Crippen LogP contribution >= 0.6 is 12.2 Å². The van der Waals surface area contributed by atoms with E-state index in [0.717, 1.165) is 16.7 Å². The summed E-state index contributed by atoms with van der Waals surface area (Å²) in [7, 11) is 1.57. The molecule has 5 atom stereocenters. The molecular weight excluding hydrogens is 576 g/mol. The van der Waals surface area contributed by atoms with Crippen LogP contribution in [-0.2, 0) is 48.2 Å². The van der Waals surface area contributed by atoms with Gasteiger partial charge in [-0.2, -0.15) is 0 Å². The Kier molecular flexibility index (Phi) is 12.4. The van der Waals surface area contributed by atoms with Gasteiger partial charge in [0.1, 0.15) is 37.0 Å². The highest BCUT2D eigenvalue weighted by Crippen LogP contribution is 2.32. The van der Waals surface area contributed by atoms with Crippen LogP contribution in [-0.4, -0.2) is 56.1 Å². The van der Waals surface area contributed by atoms with Crippen molar-refractivity contribution in [1.82, 2.24) is 0 Å². The Balaban J connectivity index is 1.44. The van der Waals surface area contributed by atoms with Crippen LogP contribution in [0.4, 0.5) is 0 Å². The Morgan fingerprint density at radius 1 is 0.614 bits per heavy atom. The summed E-state index contributed by atoms with van der Waals surface area (Å²) in [6, 6.07) is 39.4. The standard InChI is InChI=1S/C36H38O7S/c1-37-26-41-34-33(40-24-29-18-10-4-11-19-29)32(39-23-28-16-8-3-9-17-28)31(25-38-22-27-14-6-2-7-15-27)43-35(34)36(44)42-30-20-12-5-13-21-30/h2-21,31-35H,22-26H2,1H3/t31-,32-,33+,34-,35-/m1/s1. The summed E-state index contributed by atoms with van der Waals surface area (Å²) in [5.41, 5.74) is 3.10. The van der Waals surface area contributed by atoms with E-state index in [0.29, 0.717) is 25.6 Å². The molecule has 0 unspecified atom stereocenters. The molecule has 5 rings (SSSR count). The van der Waals surface area contributed by atoms with Gasteiger partial charge >= 0.3 is 0 Å². The molecule has 0 spiro atoms. The van der Waals surface area contributed by atoms with Gasteiger partial charge in [0.25, 0.3) is 0 Å². The maximum Gasteiger partial charge on any atom is 0.199 e. The Morgan fingerprint density at radius 3 is 1.66 bits per heavy atom. The van der Waals surface area contributed by atoms with Gasteiger partial charge < -0.3 is 33.2 Å². The predicted molar refractivity (Wildman–Crippen MR) is 171 cm³/mol. The van der Waals surface area contributed by atoms with Crippen LogP contribution in [0.25, 0.3) is 0 Å². The highest BCUT2D eigenvalue weighted by molar-refractivity contribution is 7.80. The lowest BCUT2D eigenvalue weighted by molar-refractivity contribution is -0.269. The molecule has 44 heavy (non-hydrogen) atoms. The van der Waals surface area contributed by atoms with Crippen molar-refractivity contribution in [3.63, 3.8) is 0 Å². The van der Waals surface area contributed by atoms with E-state index < -0.39 is 30.5 Å². The van der Waals surface area contributed by atoms with E-state index in [9.17, 15) is 0 Å². The molecule has 0 aromatic heterocycles. The third kappa shape index (κ3) is 9.27. The quantitative estimate of drug-likeness (QED) is 0.111. The lowest BCUT2D eigenvalue weighted by Gasteiger charge is -2.45. The lowest BCUT2D eigenvalue weighted by Crippen LogP contribution is -2.63. The van der Waals surface area contributed by atoms with Gasteiger partial charge in [-0.05, 0) is 41.0 Å². The third-order valence-electron chi connectivity index (χ3n) is 7.17. The van der Waals surface area contributed by atoms with Crippen LogP contribution in [0.15, 0.2) is 121 Å². The van der Waals surface area contributed by atoms with E-state index in [1.165, 1.54) is 0 Å². The Bertz CT molecular complexity index is 1380. The van der Waals surface area contributed by atoms with Gasteiger partial charge in [-0.1, -0.05) is 109 Å². The first-order valence-corrected chi connectivity index (χ1v) is 15.1. The molecule has 230 valence electrons. The van der Waals surface area contributed by atoms with Gasteiger partial charge in [0.05, 0.1) is 26.4 Å². The van der Waals surface area contributed by atoms with E-state index in [1.54, 1.807) is 7.11 Å². The lowest BCUT2D eigenvalue weighted by atomic mass is 9.94. The summed E-state index contributed by atoms with van der Waals surface area (Å²) in [5, 5.41) is 0.222. The average molecular weight is 615 g/mol. The van der Waals surface area contributed by atoms with Crippen molar-refractivity contribution in [2.75, 3.05) is 20.5 Å². The highest BCUT2D eigenvalue weighted by Gasteiger charge is 2.50. The SMILES string of the molecule is COCO[C@@H]1[C@@H](OCc2ccccc2)[C@H](OCc2ccccc2)[C@@H](COCc2ccccc2)O[C@H]1C(=S)Oc1ccccc1. The zero-order valence-electron chi connectivity index (χ0n) is 24.7. The van der Waals surface area contributed by atoms with Crippen LogP contribution in [0.1, 0.15) is 16.7 Å². The number of methoxy groups -OCH3 is 1. The minimum Gasteiger partial charge on any atom is -0.447 e. The molecule has 4 aromatic carbocycles. The van der Waals surface area contributed by atoms with Gasteiger partial charge in [0.15, 0.2) is 11.2 Å². The molecule has 0 aliphatic carbocycles. The maximum absolute atomic E-state index is 6.67. The number of benzene rings is 4. The van der Waals surface area contributed by atoms with Crippen molar-refractivity contribution >= 4 is 17.3 Å². The molecule has 0 radical (unpaired) electrons. The molecule has 7 nitrogen and oxygen atoms in total. The monoisotopic (exact) mass is 614 g/mol. The fraction of sp³-hybridized carbons (Fsp3) is 0.306. The van der Waals surface area contributed by atoms with Crippen molar-refractivity contribution in [3.05, 3.63) is 138 Å². The Hall–Kier alpha value is -3.47. The van der Waals surface area contributed by atoms with Crippen molar-refractivity contribution in [2.45, 2.75) is 50.3 Å². The number of ether oxygens (including phenoxy) is 7. The predicted octanol–water partition coefficient (Wildman–Crippen LogP) is 6.54. The fourth-order valence-electron chi connectivity index (χ4n) is 5.02. The van der Waals surface area contributed by atoms with E-state index in [2.05, 4.69) is 0 Å². The van der Waals surface area contributed by atoms with Crippen LogP contribution in [0.2, 0.25) is 0 Å². The van der Waals surface area contributed by atoms with Crippen molar-refractivity contribution in [3.8, 4) is 5.75 Å². The van der Waals surface area contributed by atoms with Gasteiger partial charge in [-0.25, -0.2) is 0 Å². The van der Waals surface area contributed by atoms with Crippen LogP contribution < -0.4 is 4.74 Å². The zero-order chi connectivity index (χ0) is 30.4. The van der Waals surface area contributed by atoms with Crippen molar-refractivity contribution < 1.29 is 33.2 Å². The molecule has 0 N–H and O–H groups in total. The van der Waals surface area contributed by atoms with Crippen molar-refractivity contribution in [2.24, 2.45) is 0 Å². The summed E-state index contributed by atoms with van der Waals surface area (Å²) < 4.78 is 43.8. The smallest absolute Gasteiger partial charge is 0.199 e. The van der Waals surface area contributed by atoms with E-state index >= 15 is 0 Å². The zero-order valence-corrected chi connectivity index (χ0v) is 25.6. The molecular formula is C36H38O7S. The maximum atomic E-state index is 6.67. The van der Waals surface area contributed by atoms with Gasteiger partial charge in [0.2, 0.25) is 0 Å². The van der Waals surface area contributed by atoms with Gasteiger partial charge in [-0.3, -0.25) is 0 Å². The number of hydrogen-bond acceptors (Lipinski definition) is 8. The Morgan fingerprint density at radius 2 is 1.11 bits per heavy atom. The summed E-state index contributed by atoms with van der Waals surface area (Å²) >= 11 is 5.83. The van der Waals surface area contributed by atoms with Crippen LogP contribution in [0.5, 0.6) is 5.75 Å². The van der Waals surface area contributed by atoms with Crippen molar-refractivity contribution in [1.29, 1.82) is 0 Å². The summed E-state index contributed by atoms with van der Waals surface area (Å²) in [6.45, 7) is 1.34. The highest BCUT2D eigenvalue weighted by atomic mass is 32.1. The molecule has 0 amide bonds. The second-order valence-corrected chi connectivity index (χ2v) is 10.8. The molecule has 1 heterocycles. The molecule has 8 heteroatoms.